The number of nitrogens with two attached hydrogens (primary N) is 2. The lowest BCUT2D eigenvalue weighted by Crippen LogP contribution is -2.12. The minimum Gasteiger partial charge on any atom is -0.366 e. The van der Waals surface area contributed by atoms with E-state index in [4.69, 9.17) is 11.5 Å². The van der Waals surface area contributed by atoms with Crippen LogP contribution in [0.3, 0.4) is 0 Å². The lowest BCUT2D eigenvalue weighted by molar-refractivity contribution is 0.0987. The highest BCUT2D eigenvalue weighted by Gasteiger charge is 2.12. The summed E-state index contributed by atoms with van der Waals surface area (Å²) in [5, 5.41) is 5.99. The van der Waals surface area contributed by atoms with E-state index in [0.717, 1.165) is 48.6 Å². The first-order chi connectivity index (χ1) is 18.7. The first kappa shape index (κ1) is 28.0. The third-order valence-corrected chi connectivity index (χ3v) is 8.10. The van der Waals surface area contributed by atoms with Crippen LogP contribution in [-0.2, 0) is 6.42 Å². The number of ketones is 1. The maximum atomic E-state index is 12.3. The van der Waals surface area contributed by atoms with Crippen molar-refractivity contribution in [3.8, 4) is 11.1 Å². The van der Waals surface area contributed by atoms with E-state index in [9.17, 15) is 14.4 Å². The largest absolute Gasteiger partial charge is 0.366 e. The molecule has 39 heavy (non-hydrogen) atoms. The zero-order valence-corrected chi connectivity index (χ0v) is 23.9. The third kappa shape index (κ3) is 6.50. The molecule has 5 rings (SSSR count). The molecule has 1 heterocycles. The Bertz CT molecular complexity index is 1690. The Kier molecular flexibility index (Phi) is 8.74. The van der Waals surface area contributed by atoms with E-state index in [1.54, 1.807) is 18.2 Å². The van der Waals surface area contributed by atoms with Crippen molar-refractivity contribution in [1.29, 1.82) is 0 Å². The van der Waals surface area contributed by atoms with Gasteiger partial charge < -0.3 is 11.5 Å². The highest BCUT2D eigenvalue weighted by atomic mass is 79.9. The molecule has 0 radical (unpaired) electrons. The van der Waals surface area contributed by atoms with E-state index in [0.29, 0.717) is 17.5 Å². The van der Waals surface area contributed by atoms with Gasteiger partial charge in [-0.3, -0.25) is 14.4 Å². The van der Waals surface area contributed by atoms with Crippen LogP contribution in [-0.4, -0.2) is 17.6 Å². The zero-order chi connectivity index (χ0) is 28.1. The number of primary amides is 2. The fraction of sp³-hybridized carbons (Fsp3) is 0.0938. The average molecular weight is 600 g/mol. The molecule has 5 aromatic rings. The Morgan fingerprint density at radius 2 is 1.41 bits per heavy atom. The summed E-state index contributed by atoms with van der Waals surface area (Å²) in [6.45, 7) is 3.77. The van der Waals surface area contributed by atoms with Crippen LogP contribution in [0.2, 0.25) is 0 Å². The van der Waals surface area contributed by atoms with E-state index >= 15 is 0 Å². The monoisotopic (exact) mass is 598 g/mol. The van der Waals surface area contributed by atoms with E-state index in [-0.39, 0.29) is 11.7 Å². The van der Waals surface area contributed by atoms with Crippen LogP contribution < -0.4 is 11.5 Å². The van der Waals surface area contributed by atoms with Crippen molar-refractivity contribution < 1.29 is 14.4 Å². The molecule has 0 saturated carbocycles. The number of benzene rings is 4. The Morgan fingerprint density at radius 1 is 0.769 bits per heavy atom. The quantitative estimate of drug-likeness (QED) is 0.201. The van der Waals surface area contributed by atoms with Gasteiger partial charge in [0, 0.05) is 33.0 Å². The van der Waals surface area contributed by atoms with Gasteiger partial charge in [-0.05, 0) is 88.1 Å². The van der Waals surface area contributed by atoms with Crippen LogP contribution in [0.5, 0.6) is 0 Å². The number of carbonyl (C=O) groups is 3. The normalized spacial score (nSPS) is 10.5. The Labute approximate surface area is 239 Å². The van der Waals surface area contributed by atoms with Gasteiger partial charge in [0.15, 0.2) is 5.78 Å². The Morgan fingerprint density at radius 3 is 2.05 bits per heavy atom. The molecule has 5 nitrogen and oxygen atoms in total. The van der Waals surface area contributed by atoms with Crippen molar-refractivity contribution in [2.75, 3.05) is 0 Å². The van der Waals surface area contributed by atoms with Crippen molar-refractivity contribution in [3.05, 3.63) is 127 Å². The second-order valence-electron chi connectivity index (χ2n) is 9.13. The molecule has 4 aromatic carbocycles. The first-order valence-corrected chi connectivity index (χ1v) is 13.9. The molecule has 196 valence electrons. The first-order valence-electron chi connectivity index (χ1n) is 12.2. The van der Waals surface area contributed by atoms with Gasteiger partial charge in [0.25, 0.3) is 0 Å². The standard InChI is InChI=1S/C24H19NO2S.C8H8BrNO/c1-15-21(3-2-4-22(15)24(25)27)19-8-7-17-11-16(5-6-18(17)13-19)12-23(26)20-9-10-28-14-20;1-5-6(8(10)11)3-2-4-7(5)9/h2-11,13-14H,12H2,1H3,(H2,25,27);2-4H,1H3,(H2,10,11). The topological polar surface area (TPSA) is 103 Å². The molecule has 4 N–H and O–H groups in total. The van der Waals surface area contributed by atoms with Crippen molar-refractivity contribution in [2.45, 2.75) is 20.3 Å². The molecule has 0 saturated heterocycles. The van der Waals surface area contributed by atoms with Crippen LogP contribution in [0.4, 0.5) is 0 Å². The summed E-state index contributed by atoms with van der Waals surface area (Å²) in [4.78, 5) is 34.7. The molecular weight excluding hydrogens is 572 g/mol. The van der Waals surface area contributed by atoms with E-state index in [1.165, 1.54) is 11.3 Å². The molecule has 0 aliphatic heterocycles. The highest BCUT2D eigenvalue weighted by molar-refractivity contribution is 9.10. The molecule has 0 bridgehead atoms. The lowest BCUT2D eigenvalue weighted by atomic mass is 9.93. The second-order valence-corrected chi connectivity index (χ2v) is 10.8. The van der Waals surface area contributed by atoms with Gasteiger partial charge in [0.1, 0.15) is 0 Å². The van der Waals surface area contributed by atoms with Crippen LogP contribution in [0, 0.1) is 13.8 Å². The summed E-state index contributed by atoms with van der Waals surface area (Å²) in [5.74, 6) is -0.667. The maximum absolute atomic E-state index is 12.3. The Hall–Kier alpha value is -4.07. The minimum absolute atomic E-state index is 0.135. The van der Waals surface area contributed by atoms with Crippen molar-refractivity contribution in [2.24, 2.45) is 11.5 Å². The summed E-state index contributed by atoms with van der Waals surface area (Å²) in [6.07, 6.45) is 0.397. The number of fused-ring (bicyclic) bond motifs is 1. The maximum Gasteiger partial charge on any atom is 0.249 e. The number of rotatable bonds is 6. The number of thiophene rings is 1. The fourth-order valence-electron chi connectivity index (χ4n) is 4.37. The van der Waals surface area contributed by atoms with E-state index < -0.39 is 5.91 Å². The summed E-state index contributed by atoms with van der Waals surface area (Å²) in [7, 11) is 0. The van der Waals surface area contributed by atoms with Gasteiger partial charge in [-0.1, -0.05) is 64.5 Å². The smallest absolute Gasteiger partial charge is 0.249 e. The summed E-state index contributed by atoms with van der Waals surface area (Å²) >= 11 is 4.84. The van der Waals surface area contributed by atoms with Crippen LogP contribution in [0.1, 0.15) is 47.8 Å². The molecular formula is C32H27BrN2O3S. The van der Waals surface area contributed by atoms with Crippen LogP contribution in [0.25, 0.3) is 21.9 Å². The van der Waals surface area contributed by atoms with Crippen LogP contribution >= 0.6 is 27.3 Å². The van der Waals surface area contributed by atoms with Gasteiger partial charge in [0.2, 0.25) is 11.8 Å². The molecule has 0 aliphatic carbocycles. The van der Waals surface area contributed by atoms with E-state index in [2.05, 4.69) is 34.1 Å². The third-order valence-electron chi connectivity index (χ3n) is 6.56. The number of halogens is 1. The average Bonchev–Trinajstić information content (AvgIpc) is 3.46. The van der Waals surface area contributed by atoms with Gasteiger partial charge in [0.05, 0.1) is 0 Å². The Balaban J connectivity index is 0.000000270. The van der Waals surface area contributed by atoms with Crippen LogP contribution in [0.15, 0.2) is 94.1 Å². The van der Waals surface area contributed by atoms with Gasteiger partial charge in [-0.2, -0.15) is 11.3 Å². The van der Waals surface area contributed by atoms with E-state index in [1.807, 2.05) is 67.1 Å². The molecule has 7 heteroatoms. The predicted molar refractivity (Wildman–Crippen MR) is 162 cm³/mol. The number of amides is 2. The number of carbonyl (C=O) groups excluding carboxylic acids is 3. The molecule has 0 spiro atoms. The second kappa shape index (κ2) is 12.2. The van der Waals surface area contributed by atoms with Crippen molar-refractivity contribution in [3.63, 3.8) is 0 Å². The molecule has 1 aromatic heterocycles. The molecule has 2 amide bonds. The SMILES string of the molecule is Cc1c(Br)cccc1C(N)=O.Cc1c(C(N)=O)cccc1-c1ccc2cc(CC(=O)c3ccsc3)ccc2c1. The summed E-state index contributed by atoms with van der Waals surface area (Å²) in [6, 6.07) is 25.2. The molecule has 0 aliphatic rings. The predicted octanol–water partition coefficient (Wildman–Crippen LogP) is 7.26. The summed E-state index contributed by atoms with van der Waals surface area (Å²) in [5.41, 5.74) is 17.3. The fourth-order valence-corrected chi connectivity index (χ4v) is 5.40. The zero-order valence-electron chi connectivity index (χ0n) is 21.5. The lowest BCUT2D eigenvalue weighted by Gasteiger charge is -2.11. The number of hydrogen-bond acceptors (Lipinski definition) is 4. The van der Waals surface area contributed by atoms with Crippen molar-refractivity contribution in [1.82, 2.24) is 0 Å². The highest BCUT2D eigenvalue weighted by Crippen LogP contribution is 2.29. The number of hydrogen-bond donors (Lipinski definition) is 2. The molecule has 0 atom stereocenters. The number of Topliss-reactive ketones (excluding diaryl/α,β-unsaturated/α-hetero) is 1. The van der Waals surface area contributed by atoms with Gasteiger partial charge >= 0.3 is 0 Å². The van der Waals surface area contributed by atoms with Crippen molar-refractivity contribution >= 4 is 55.6 Å². The summed E-state index contributed by atoms with van der Waals surface area (Å²) < 4.78 is 0.911. The minimum atomic E-state index is -0.417. The van der Waals surface area contributed by atoms with Gasteiger partial charge in [-0.25, -0.2) is 0 Å². The molecule has 0 unspecified atom stereocenters. The molecule has 0 fully saturated rings. The van der Waals surface area contributed by atoms with Gasteiger partial charge in [-0.15, -0.1) is 0 Å².